The molecule has 0 bridgehead atoms. The van der Waals surface area contributed by atoms with Crippen LogP contribution in [-0.2, 0) is 0 Å². The minimum atomic E-state index is 0.259. The molecule has 0 aromatic rings. The van der Waals surface area contributed by atoms with Crippen molar-refractivity contribution in [3.05, 3.63) is 0 Å². The van der Waals surface area contributed by atoms with Crippen molar-refractivity contribution in [3.8, 4) is 0 Å². The molecular weight excluding hydrogens is 352 g/mol. The van der Waals surface area contributed by atoms with Crippen molar-refractivity contribution in [1.82, 2.24) is 0 Å². The van der Waals surface area contributed by atoms with Gasteiger partial charge >= 0.3 is 0 Å². The molecule has 0 spiro atoms. The van der Waals surface area contributed by atoms with E-state index in [1.165, 1.54) is 103 Å². The summed E-state index contributed by atoms with van der Waals surface area (Å²) < 4.78 is 0. The monoisotopic (exact) mass is 402 g/mol. The zero-order valence-corrected chi connectivity index (χ0v) is 19.4. The van der Waals surface area contributed by atoms with Crippen LogP contribution in [0.1, 0.15) is 129 Å². The largest absolute Gasteiger partial charge is 0.395 e. The van der Waals surface area contributed by atoms with Gasteiger partial charge in [-0.05, 0) is 12.8 Å². The standard InChI is InChI=1S/C24H50O2S/c1-3-5-7-9-11-13-15-17-19-23(21-25)27-24(22-26)20-18-16-14-12-10-8-6-4-2/h23-26H,3-22H2,1-2H3. The molecule has 27 heavy (non-hydrogen) atoms. The van der Waals surface area contributed by atoms with Gasteiger partial charge in [0.15, 0.2) is 0 Å². The van der Waals surface area contributed by atoms with Gasteiger partial charge in [0, 0.05) is 10.5 Å². The molecule has 0 aliphatic carbocycles. The number of thioether (sulfide) groups is 1. The number of hydrogen-bond acceptors (Lipinski definition) is 3. The second-order valence-corrected chi connectivity index (χ2v) is 9.88. The summed E-state index contributed by atoms with van der Waals surface area (Å²) in [6.07, 6.45) is 23.6. The molecule has 164 valence electrons. The van der Waals surface area contributed by atoms with Crippen molar-refractivity contribution in [2.75, 3.05) is 13.2 Å². The van der Waals surface area contributed by atoms with Gasteiger partial charge < -0.3 is 10.2 Å². The molecule has 0 heterocycles. The van der Waals surface area contributed by atoms with E-state index < -0.39 is 0 Å². The van der Waals surface area contributed by atoms with Crippen molar-refractivity contribution >= 4 is 11.8 Å². The zero-order chi connectivity index (χ0) is 20.0. The Hall–Kier alpha value is 0.270. The maximum atomic E-state index is 9.68. The van der Waals surface area contributed by atoms with Gasteiger partial charge in [0.05, 0.1) is 13.2 Å². The maximum Gasteiger partial charge on any atom is 0.0550 e. The topological polar surface area (TPSA) is 40.5 Å². The molecule has 0 fully saturated rings. The van der Waals surface area contributed by atoms with Crippen LogP contribution in [0, 0.1) is 0 Å². The van der Waals surface area contributed by atoms with Crippen LogP contribution in [0.15, 0.2) is 0 Å². The first-order chi connectivity index (χ1) is 13.3. The summed E-state index contributed by atoms with van der Waals surface area (Å²) in [5.74, 6) is 0. The molecule has 0 saturated carbocycles. The normalized spacial score (nSPS) is 13.8. The highest BCUT2D eigenvalue weighted by atomic mass is 32.2. The first kappa shape index (κ1) is 27.3. The van der Waals surface area contributed by atoms with Gasteiger partial charge in [-0.15, -0.1) is 0 Å². The van der Waals surface area contributed by atoms with E-state index in [2.05, 4.69) is 13.8 Å². The van der Waals surface area contributed by atoms with Gasteiger partial charge in [-0.25, -0.2) is 0 Å². The quantitative estimate of drug-likeness (QED) is 0.184. The number of aliphatic hydroxyl groups excluding tert-OH is 2. The van der Waals surface area contributed by atoms with Crippen molar-refractivity contribution in [1.29, 1.82) is 0 Å². The van der Waals surface area contributed by atoms with Crippen LogP contribution in [0.2, 0.25) is 0 Å². The lowest BCUT2D eigenvalue weighted by Gasteiger charge is -2.20. The first-order valence-corrected chi connectivity index (χ1v) is 13.1. The highest BCUT2D eigenvalue weighted by molar-refractivity contribution is 8.00. The molecule has 0 saturated heterocycles. The molecule has 0 aliphatic rings. The fraction of sp³-hybridized carbons (Fsp3) is 1.00. The number of rotatable bonds is 22. The van der Waals surface area contributed by atoms with Crippen molar-refractivity contribution in [3.63, 3.8) is 0 Å². The van der Waals surface area contributed by atoms with Gasteiger partial charge in [0.25, 0.3) is 0 Å². The van der Waals surface area contributed by atoms with E-state index in [-0.39, 0.29) is 13.2 Å². The Morgan fingerprint density at radius 2 is 0.778 bits per heavy atom. The van der Waals surface area contributed by atoms with Gasteiger partial charge in [0.2, 0.25) is 0 Å². The molecule has 2 unspecified atom stereocenters. The van der Waals surface area contributed by atoms with Crippen molar-refractivity contribution in [2.24, 2.45) is 0 Å². The lowest BCUT2D eigenvalue weighted by molar-refractivity contribution is 0.279. The SMILES string of the molecule is CCCCCCCCCCC(CO)SC(CO)CCCCCCCCCC. The first-order valence-electron chi connectivity index (χ1n) is 12.2. The van der Waals surface area contributed by atoms with Gasteiger partial charge in [0.1, 0.15) is 0 Å². The van der Waals surface area contributed by atoms with Crippen LogP contribution in [-0.4, -0.2) is 33.9 Å². The van der Waals surface area contributed by atoms with Crippen LogP contribution in [0.3, 0.4) is 0 Å². The number of hydrogen-bond donors (Lipinski definition) is 2. The number of unbranched alkanes of at least 4 members (excludes halogenated alkanes) is 14. The Morgan fingerprint density at radius 1 is 0.481 bits per heavy atom. The second kappa shape index (κ2) is 22.6. The molecule has 0 rings (SSSR count). The van der Waals surface area contributed by atoms with Crippen LogP contribution >= 0.6 is 11.8 Å². The summed E-state index contributed by atoms with van der Waals surface area (Å²) in [5, 5.41) is 20.0. The predicted octanol–water partition coefficient (Wildman–Crippen LogP) is 7.50. The average Bonchev–Trinajstić information content (AvgIpc) is 2.69. The van der Waals surface area contributed by atoms with E-state index in [1.807, 2.05) is 11.8 Å². The van der Waals surface area contributed by atoms with E-state index in [1.54, 1.807) is 0 Å². The molecule has 2 N–H and O–H groups in total. The van der Waals surface area contributed by atoms with Crippen LogP contribution < -0.4 is 0 Å². The summed E-state index contributed by atoms with van der Waals surface area (Å²) >= 11 is 1.84. The van der Waals surface area contributed by atoms with E-state index in [4.69, 9.17) is 0 Å². The second-order valence-electron chi connectivity index (χ2n) is 8.27. The van der Waals surface area contributed by atoms with E-state index in [0.717, 1.165) is 12.8 Å². The van der Waals surface area contributed by atoms with E-state index >= 15 is 0 Å². The van der Waals surface area contributed by atoms with Gasteiger partial charge in [-0.2, -0.15) is 11.8 Å². The highest BCUT2D eigenvalue weighted by Gasteiger charge is 2.15. The Morgan fingerprint density at radius 3 is 1.07 bits per heavy atom. The summed E-state index contributed by atoms with van der Waals surface area (Å²) in [6, 6.07) is 0. The molecule has 0 aliphatic heterocycles. The smallest absolute Gasteiger partial charge is 0.0550 e. The molecule has 2 atom stereocenters. The summed E-state index contributed by atoms with van der Waals surface area (Å²) in [4.78, 5) is 0. The molecule has 3 heteroatoms. The van der Waals surface area contributed by atoms with Crippen LogP contribution in [0.4, 0.5) is 0 Å². The van der Waals surface area contributed by atoms with E-state index in [9.17, 15) is 10.2 Å². The minimum Gasteiger partial charge on any atom is -0.395 e. The third-order valence-corrected chi connectivity index (χ3v) is 7.09. The predicted molar refractivity (Wildman–Crippen MR) is 124 cm³/mol. The van der Waals surface area contributed by atoms with Crippen molar-refractivity contribution in [2.45, 2.75) is 140 Å². The summed E-state index contributed by atoms with van der Waals surface area (Å²) in [6.45, 7) is 5.05. The van der Waals surface area contributed by atoms with Crippen LogP contribution in [0.25, 0.3) is 0 Å². The Labute approximate surface area is 175 Å². The van der Waals surface area contributed by atoms with E-state index in [0.29, 0.717) is 10.5 Å². The lowest BCUT2D eigenvalue weighted by Crippen LogP contribution is -2.18. The summed E-state index contributed by atoms with van der Waals surface area (Å²) in [5.41, 5.74) is 0. The molecule has 0 aromatic heterocycles. The fourth-order valence-corrected chi connectivity index (χ4v) is 5.01. The fourth-order valence-electron chi connectivity index (χ4n) is 3.69. The molecular formula is C24H50O2S. The van der Waals surface area contributed by atoms with Crippen LogP contribution in [0.5, 0.6) is 0 Å². The molecule has 2 nitrogen and oxygen atoms in total. The third kappa shape index (κ3) is 19.4. The third-order valence-electron chi connectivity index (χ3n) is 5.55. The lowest BCUT2D eigenvalue weighted by atomic mass is 10.1. The molecule has 0 amide bonds. The average molecular weight is 403 g/mol. The minimum absolute atomic E-state index is 0.259. The summed E-state index contributed by atoms with van der Waals surface area (Å²) in [7, 11) is 0. The van der Waals surface area contributed by atoms with Crippen molar-refractivity contribution < 1.29 is 10.2 Å². The highest BCUT2D eigenvalue weighted by Crippen LogP contribution is 2.26. The maximum absolute atomic E-state index is 9.68. The molecule has 0 aromatic carbocycles. The van der Waals surface area contributed by atoms with Gasteiger partial charge in [-0.1, -0.05) is 117 Å². The Kier molecular flexibility index (Phi) is 22.8. The Bertz CT molecular complexity index is 247. The molecule has 0 radical (unpaired) electrons. The number of aliphatic hydroxyl groups is 2. The Balaban J connectivity index is 3.64. The zero-order valence-electron chi connectivity index (χ0n) is 18.6. The van der Waals surface area contributed by atoms with Gasteiger partial charge in [-0.3, -0.25) is 0 Å².